The van der Waals surface area contributed by atoms with Gasteiger partial charge in [-0.3, -0.25) is 4.79 Å². The highest BCUT2D eigenvalue weighted by Gasteiger charge is 2.11. The van der Waals surface area contributed by atoms with Crippen molar-refractivity contribution in [1.82, 2.24) is 5.16 Å². The zero-order chi connectivity index (χ0) is 12.5. The van der Waals surface area contributed by atoms with Crippen LogP contribution in [0.1, 0.15) is 16.2 Å². The molecule has 0 saturated heterocycles. The second-order valence-electron chi connectivity index (χ2n) is 3.96. The summed E-state index contributed by atoms with van der Waals surface area (Å²) in [6.07, 6.45) is 0. The molecule has 1 aromatic carbocycles. The average Bonchev–Trinajstić information content (AvgIpc) is 2.96. The second-order valence-corrected chi connectivity index (χ2v) is 4.91. The van der Waals surface area contributed by atoms with Gasteiger partial charge < -0.3 is 9.84 Å². The van der Waals surface area contributed by atoms with Gasteiger partial charge in [0.2, 0.25) is 5.76 Å². The lowest BCUT2D eigenvalue weighted by atomic mass is 10.2. The van der Waals surface area contributed by atoms with E-state index < -0.39 is 0 Å². The van der Waals surface area contributed by atoms with E-state index in [2.05, 4.69) is 10.5 Å². The SMILES string of the molecule is Cc1cc(C(=O)Nc2ccc3sccc3c2)on1. The van der Waals surface area contributed by atoms with Crippen LogP contribution in [-0.2, 0) is 0 Å². The average molecular weight is 258 g/mol. The van der Waals surface area contributed by atoms with Crippen molar-refractivity contribution in [2.24, 2.45) is 0 Å². The van der Waals surface area contributed by atoms with E-state index in [-0.39, 0.29) is 11.7 Å². The van der Waals surface area contributed by atoms with Crippen molar-refractivity contribution in [3.05, 3.63) is 47.2 Å². The summed E-state index contributed by atoms with van der Waals surface area (Å²) in [5, 5.41) is 9.61. The fourth-order valence-electron chi connectivity index (χ4n) is 1.71. The minimum Gasteiger partial charge on any atom is -0.351 e. The number of fused-ring (bicyclic) bond motifs is 1. The van der Waals surface area contributed by atoms with Gasteiger partial charge in [-0.05, 0) is 42.0 Å². The standard InChI is InChI=1S/C13H10N2O2S/c1-8-6-11(17-15-8)13(16)14-10-2-3-12-9(7-10)4-5-18-12/h2-7H,1H3,(H,14,16). The van der Waals surface area contributed by atoms with Gasteiger partial charge in [-0.15, -0.1) is 11.3 Å². The molecule has 18 heavy (non-hydrogen) atoms. The Hall–Kier alpha value is -2.14. The highest BCUT2D eigenvalue weighted by Crippen LogP contribution is 2.24. The lowest BCUT2D eigenvalue weighted by Gasteiger charge is -2.02. The summed E-state index contributed by atoms with van der Waals surface area (Å²) in [6, 6.07) is 9.43. The maximum atomic E-state index is 11.9. The molecule has 2 aromatic heterocycles. The maximum absolute atomic E-state index is 11.9. The third-order valence-electron chi connectivity index (χ3n) is 2.56. The highest BCUT2D eigenvalue weighted by molar-refractivity contribution is 7.17. The summed E-state index contributed by atoms with van der Waals surface area (Å²) in [4.78, 5) is 11.9. The molecule has 1 amide bonds. The van der Waals surface area contributed by atoms with Crippen molar-refractivity contribution in [1.29, 1.82) is 0 Å². The molecular formula is C13H10N2O2S. The molecule has 0 aliphatic heterocycles. The largest absolute Gasteiger partial charge is 0.351 e. The summed E-state index contributed by atoms with van der Waals surface area (Å²) >= 11 is 1.67. The second kappa shape index (κ2) is 4.27. The molecule has 1 N–H and O–H groups in total. The van der Waals surface area contributed by atoms with Crippen molar-refractivity contribution in [2.45, 2.75) is 6.92 Å². The van der Waals surface area contributed by atoms with E-state index in [1.54, 1.807) is 24.3 Å². The van der Waals surface area contributed by atoms with Crippen LogP contribution in [0.15, 0.2) is 40.2 Å². The number of nitrogens with one attached hydrogen (secondary N) is 1. The van der Waals surface area contributed by atoms with E-state index in [1.165, 1.54) is 4.70 Å². The number of hydrogen-bond acceptors (Lipinski definition) is 4. The van der Waals surface area contributed by atoms with Gasteiger partial charge in [-0.2, -0.15) is 0 Å². The first-order valence-corrected chi connectivity index (χ1v) is 6.32. The molecule has 2 heterocycles. The van der Waals surface area contributed by atoms with E-state index in [0.29, 0.717) is 5.69 Å². The van der Waals surface area contributed by atoms with Crippen molar-refractivity contribution < 1.29 is 9.32 Å². The van der Waals surface area contributed by atoms with E-state index in [9.17, 15) is 4.79 Å². The fourth-order valence-corrected chi connectivity index (χ4v) is 2.48. The van der Waals surface area contributed by atoms with Gasteiger partial charge in [0.05, 0.1) is 5.69 Å². The lowest BCUT2D eigenvalue weighted by Crippen LogP contribution is -2.10. The highest BCUT2D eigenvalue weighted by atomic mass is 32.1. The van der Waals surface area contributed by atoms with Crippen LogP contribution in [0.25, 0.3) is 10.1 Å². The maximum Gasteiger partial charge on any atom is 0.294 e. The van der Waals surface area contributed by atoms with Crippen molar-refractivity contribution in [3.8, 4) is 0 Å². The predicted octanol–water partition coefficient (Wildman–Crippen LogP) is 3.45. The molecule has 4 nitrogen and oxygen atoms in total. The Balaban J connectivity index is 1.85. The summed E-state index contributed by atoms with van der Waals surface area (Å²) in [5.74, 6) is -0.0666. The summed E-state index contributed by atoms with van der Waals surface area (Å²) in [6.45, 7) is 1.78. The first-order chi connectivity index (χ1) is 8.72. The Kier molecular flexibility index (Phi) is 2.60. The van der Waals surface area contributed by atoms with Gasteiger partial charge in [0.1, 0.15) is 0 Å². The smallest absolute Gasteiger partial charge is 0.294 e. The number of rotatable bonds is 2. The van der Waals surface area contributed by atoms with Crippen LogP contribution in [0, 0.1) is 6.92 Å². The number of carbonyl (C=O) groups excluding carboxylic acids is 1. The Morgan fingerprint density at radius 2 is 2.22 bits per heavy atom. The molecular weight excluding hydrogens is 248 g/mol. The predicted molar refractivity (Wildman–Crippen MR) is 71.0 cm³/mol. The van der Waals surface area contributed by atoms with E-state index in [0.717, 1.165) is 11.1 Å². The number of nitrogens with zero attached hydrogens (tertiary/aromatic N) is 1. The number of anilines is 1. The molecule has 3 aromatic rings. The van der Waals surface area contributed by atoms with Crippen LogP contribution in [0.2, 0.25) is 0 Å². The summed E-state index contributed by atoms with van der Waals surface area (Å²) in [5.41, 5.74) is 1.44. The van der Waals surface area contributed by atoms with Gasteiger partial charge in [-0.25, -0.2) is 0 Å². The monoisotopic (exact) mass is 258 g/mol. The Morgan fingerprint density at radius 3 is 3.00 bits per heavy atom. The number of hydrogen-bond donors (Lipinski definition) is 1. The lowest BCUT2D eigenvalue weighted by molar-refractivity contribution is 0.0988. The van der Waals surface area contributed by atoms with Crippen molar-refractivity contribution in [3.63, 3.8) is 0 Å². The molecule has 0 spiro atoms. The van der Waals surface area contributed by atoms with Crippen LogP contribution in [-0.4, -0.2) is 11.1 Å². The summed E-state index contributed by atoms with van der Waals surface area (Å²) in [7, 11) is 0. The molecule has 0 unspecified atom stereocenters. The van der Waals surface area contributed by atoms with E-state index in [4.69, 9.17) is 4.52 Å². The van der Waals surface area contributed by atoms with Gasteiger partial charge in [0.25, 0.3) is 5.91 Å². The molecule has 0 radical (unpaired) electrons. The van der Waals surface area contributed by atoms with Gasteiger partial charge in [-0.1, -0.05) is 5.16 Å². The Labute approximate surface area is 107 Å². The normalized spacial score (nSPS) is 10.7. The van der Waals surface area contributed by atoms with Gasteiger partial charge in [0.15, 0.2) is 0 Å². The number of carbonyl (C=O) groups is 1. The topological polar surface area (TPSA) is 55.1 Å². The number of aryl methyl sites for hydroxylation is 1. The zero-order valence-electron chi connectivity index (χ0n) is 9.64. The van der Waals surface area contributed by atoms with E-state index >= 15 is 0 Å². The number of aromatic nitrogens is 1. The van der Waals surface area contributed by atoms with Crippen LogP contribution in [0.4, 0.5) is 5.69 Å². The molecule has 0 bridgehead atoms. The Morgan fingerprint density at radius 1 is 1.33 bits per heavy atom. The molecule has 0 fully saturated rings. The van der Waals surface area contributed by atoms with Gasteiger partial charge >= 0.3 is 0 Å². The molecule has 0 saturated carbocycles. The third kappa shape index (κ3) is 2.00. The van der Waals surface area contributed by atoms with Gasteiger partial charge in [0, 0.05) is 16.5 Å². The minimum atomic E-state index is -0.287. The Bertz CT molecular complexity index is 714. The van der Waals surface area contributed by atoms with Crippen molar-refractivity contribution in [2.75, 3.05) is 5.32 Å². The number of amides is 1. The number of benzene rings is 1. The molecule has 3 rings (SSSR count). The van der Waals surface area contributed by atoms with E-state index in [1.807, 2.05) is 29.6 Å². The molecule has 0 atom stereocenters. The minimum absolute atomic E-state index is 0.220. The fraction of sp³-hybridized carbons (Fsp3) is 0.0769. The molecule has 5 heteroatoms. The third-order valence-corrected chi connectivity index (χ3v) is 3.46. The van der Waals surface area contributed by atoms with Crippen LogP contribution in [0.5, 0.6) is 0 Å². The molecule has 0 aliphatic rings. The number of thiophene rings is 1. The zero-order valence-corrected chi connectivity index (χ0v) is 10.5. The first kappa shape index (κ1) is 11.0. The molecule has 90 valence electrons. The van der Waals surface area contributed by atoms with Crippen molar-refractivity contribution >= 4 is 33.0 Å². The molecule has 0 aliphatic carbocycles. The van der Waals surface area contributed by atoms with Crippen LogP contribution < -0.4 is 5.32 Å². The quantitative estimate of drug-likeness (QED) is 0.766. The first-order valence-electron chi connectivity index (χ1n) is 5.44. The van der Waals surface area contributed by atoms with Crippen LogP contribution in [0.3, 0.4) is 0 Å². The van der Waals surface area contributed by atoms with Crippen LogP contribution >= 0.6 is 11.3 Å². The summed E-state index contributed by atoms with van der Waals surface area (Å²) < 4.78 is 6.11.